The Morgan fingerprint density at radius 3 is 1.80 bits per heavy atom. The molecule has 0 aliphatic carbocycles. The molecule has 1 heterocycles. The molecule has 0 spiro atoms. The summed E-state index contributed by atoms with van der Waals surface area (Å²) in [4.78, 5) is 0. The molecule has 1 saturated heterocycles. The normalized spacial score (nSPS) is 29.5. The van der Waals surface area contributed by atoms with Crippen LogP contribution < -0.4 is 0 Å². The molecule has 2 N–H and O–H groups in total. The highest BCUT2D eigenvalue weighted by atomic mass is 16.7. The van der Waals surface area contributed by atoms with Gasteiger partial charge in [-0.2, -0.15) is 0 Å². The highest BCUT2D eigenvalue weighted by molar-refractivity contribution is 5.14. The Hall–Kier alpha value is -1.76. The average Bonchev–Trinajstić information content (AvgIpc) is 2.63. The summed E-state index contributed by atoms with van der Waals surface area (Å²) in [5, 5.41) is 20.8. The molecule has 0 unspecified atom stereocenters. The molecule has 0 amide bonds. The van der Waals surface area contributed by atoms with Crippen LogP contribution in [-0.2, 0) is 27.4 Å². The number of hydrogen-bond donors (Lipinski definition) is 2. The Kier molecular flexibility index (Phi) is 6.18. The van der Waals surface area contributed by atoms with Crippen molar-refractivity contribution in [1.82, 2.24) is 0 Å². The lowest BCUT2D eigenvalue weighted by Crippen LogP contribution is -2.58. The topological polar surface area (TPSA) is 68.2 Å². The van der Waals surface area contributed by atoms with Crippen molar-refractivity contribution < 1.29 is 24.4 Å². The van der Waals surface area contributed by atoms with Crippen LogP contribution in [0.25, 0.3) is 0 Å². The largest absolute Gasteiger partial charge is 0.387 e. The lowest BCUT2D eigenvalue weighted by atomic mass is 9.99. The van der Waals surface area contributed by atoms with E-state index in [-0.39, 0.29) is 6.61 Å². The zero-order chi connectivity index (χ0) is 17.6. The number of aliphatic hydroxyl groups is 2. The molecule has 1 fully saturated rings. The summed E-state index contributed by atoms with van der Waals surface area (Å²) in [5.74, 6) is 0. The van der Waals surface area contributed by atoms with Crippen LogP contribution in [0.1, 0.15) is 18.1 Å². The summed E-state index contributed by atoms with van der Waals surface area (Å²) in [5.41, 5.74) is 1.97. The summed E-state index contributed by atoms with van der Waals surface area (Å²) in [6.07, 6.45) is -4.05. The third kappa shape index (κ3) is 4.66. The van der Waals surface area contributed by atoms with Crippen LogP contribution >= 0.6 is 0 Å². The molecule has 5 heteroatoms. The van der Waals surface area contributed by atoms with Gasteiger partial charge in [0.05, 0.1) is 19.3 Å². The maximum Gasteiger partial charge on any atom is 0.184 e. The van der Waals surface area contributed by atoms with Crippen molar-refractivity contribution in [3.8, 4) is 0 Å². The standard InChI is InChI=1S/C20H24O5/c1-14-18(23-12-15-8-4-2-5-9-15)17(21)19(20(22)25-14)24-13-16-10-6-3-7-11-16/h2-11,14,17-22H,12-13H2,1H3/t14-,17+,18-,19+,20+/m0/s1. The maximum atomic E-state index is 10.6. The lowest BCUT2D eigenvalue weighted by Gasteiger charge is -2.41. The molecule has 5 atom stereocenters. The fourth-order valence-electron chi connectivity index (χ4n) is 2.96. The van der Waals surface area contributed by atoms with E-state index in [1.165, 1.54) is 0 Å². The van der Waals surface area contributed by atoms with Gasteiger partial charge >= 0.3 is 0 Å². The van der Waals surface area contributed by atoms with Crippen molar-refractivity contribution >= 4 is 0 Å². The fraction of sp³-hybridized carbons (Fsp3) is 0.400. The van der Waals surface area contributed by atoms with Gasteiger partial charge in [-0.3, -0.25) is 0 Å². The van der Waals surface area contributed by atoms with Crippen molar-refractivity contribution in [1.29, 1.82) is 0 Å². The Morgan fingerprint density at radius 2 is 1.28 bits per heavy atom. The predicted molar refractivity (Wildman–Crippen MR) is 92.6 cm³/mol. The van der Waals surface area contributed by atoms with Gasteiger partial charge in [-0.15, -0.1) is 0 Å². The molecule has 25 heavy (non-hydrogen) atoms. The summed E-state index contributed by atoms with van der Waals surface area (Å²) in [6, 6.07) is 19.3. The van der Waals surface area contributed by atoms with E-state index < -0.39 is 30.7 Å². The molecule has 0 bridgehead atoms. The van der Waals surface area contributed by atoms with E-state index in [0.717, 1.165) is 11.1 Å². The van der Waals surface area contributed by atoms with Crippen LogP contribution in [0.15, 0.2) is 60.7 Å². The Labute approximate surface area is 147 Å². The number of hydrogen-bond acceptors (Lipinski definition) is 5. The highest BCUT2D eigenvalue weighted by Gasteiger charge is 2.44. The second kappa shape index (κ2) is 8.56. The van der Waals surface area contributed by atoms with Crippen LogP contribution in [0.2, 0.25) is 0 Å². The van der Waals surface area contributed by atoms with E-state index >= 15 is 0 Å². The van der Waals surface area contributed by atoms with Gasteiger partial charge in [-0.25, -0.2) is 0 Å². The van der Waals surface area contributed by atoms with Gasteiger partial charge in [0.15, 0.2) is 6.29 Å². The molecule has 0 aromatic heterocycles. The number of rotatable bonds is 6. The molecule has 5 nitrogen and oxygen atoms in total. The summed E-state index contributed by atoms with van der Waals surface area (Å²) < 4.78 is 17.1. The Balaban J connectivity index is 1.61. The van der Waals surface area contributed by atoms with Crippen molar-refractivity contribution in [2.24, 2.45) is 0 Å². The zero-order valence-electron chi connectivity index (χ0n) is 14.2. The summed E-state index contributed by atoms with van der Waals surface area (Å²) in [7, 11) is 0. The maximum absolute atomic E-state index is 10.6. The van der Waals surface area contributed by atoms with Gasteiger partial charge in [0.2, 0.25) is 0 Å². The minimum absolute atomic E-state index is 0.281. The van der Waals surface area contributed by atoms with E-state index in [9.17, 15) is 10.2 Å². The second-order valence-corrected chi connectivity index (χ2v) is 6.24. The summed E-state index contributed by atoms with van der Waals surface area (Å²) in [6.45, 7) is 2.41. The van der Waals surface area contributed by atoms with Crippen molar-refractivity contribution in [2.45, 2.75) is 50.8 Å². The van der Waals surface area contributed by atoms with E-state index in [1.807, 2.05) is 60.7 Å². The fourth-order valence-corrected chi connectivity index (χ4v) is 2.96. The van der Waals surface area contributed by atoms with Crippen molar-refractivity contribution in [3.05, 3.63) is 71.8 Å². The van der Waals surface area contributed by atoms with Crippen LogP contribution in [0, 0.1) is 0 Å². The van der Waals surface area contributed by atoms with Crippen LogP contribution in [0.3, 0.4) is 0 Å². The third-order valence-electron chi connectivity index (χ3n) is 4.34. The molecule has 0 radical (unpaired) electrons. The first-order chi connectivity index (χ1) is 12.1. The van der Waals surface area contributed by atoms with Gasteiger partial charge < -0.3 is 24.4 Å². The number of ether oxygens (including phenoxy) is 3. The molecule has 2 aromatic rings. The highest BCUT2D eigenvalue weighted by Crippen LogP contribution is 2.26. The molecule has 1 aliphatic rings. The van der Waals surface area contributed by atoms with E-state index in [0.29, 0.717) is 6.61 Å². The van der Waals surface area contributed by atoms with E-state index in [1.54, 1.807) is 6.92 Å². The molecular formula is C20H24O5. The SMILES string of the molecule is C[C@@H]1O[C@@H](O)[C@H](OCc2ccccc2)[C@H](O)[C@H]1OCc1ccccc1. The van der Waals surface area contributed by atoms with Gasteiger partial charge in [-0.1, -0.05) is 60.7 Å². The Morgan fingerprint density at radius 1 is 0.800 bits per heavy atom. The quantitative estimate of drug-likeness (QED) is 0.841. The molecule has 2 aromatic carbocycles. The van der Waals surface area contributed by atoms with Crippen molar-refractivity contribution in [2.75, 3.05) is 0 Å². The van der Waals surface area contributed by atoms with E-state index in [4.69, 9.17) is 14.2 Å². The number of benzene rings is 2. The minimum Gasteiger partial charge on any atom is -0.387 e. The lowest BCUT2D eigenvalue weighted by molar-refractivity contribution is -0.298. The first-order valence-electron chi connectivity index (χ1n) is 8.48. The van der Waals surface area contributed by atoms with Crippen LogP contribution in [0.5, 0.6) is 0 Å². The molecule has 134 valence electrons. The minimum atomic E-state index is -1.19. The Bertz CT molecular complexity index is 578. The van der Waals surface area contributed by atoms with Gasteiger partial charge in [0.1, 0.15) is 18.3 Å². The monoisotopic (exact) mass is 344 g/mol. The molecule has 3 rings (SSSR count). The van der Waals surface area contributed by atoms with Crippen LogP contribution in [0.4, 0.5) is 0 Å². The first-order valence-corrected chi connectivity index (χ1v) is 8.48. The van der Waals surface area contributed by atoms with Gasteiger partial charge in [-0.05, 0) is 18.1 Å². The second-order valence-electron chi connectivity index (χ2n) is 6.24. The molecule has 0 saturated carbocycles. The van der Waals surface area contributed by atoms with E-state index in [2.05, 4.69) is 0 Å². The summed E-state index contributed by atoms with van der Waals surface area (Å²) >= 11 is 0. The van der Waals surface area contributed by atoms with Crippen LogP contribution in [-0.4, -0.2) is 40.9 Å². The smallest absolute Gasteiger partial charge is 0.184 e. The third-order valence-corrected chi connectivity index (χ3v) is 4.34. The average molecular weight is 344 g/mol. The molecule has 1 aliphatic heterocycles. The predicted octanol–water partition coefficient (Wildman–Crippen LogP) is 2.26. The molecular weight excluding hydrogens is 320 g/mol. The first kappa shape index (κ1) is 18.0. The zero-order valence-corrected chi connectivity index (χ0v) is 14.2. The van der Waals surface area contributed by atoms with Gasteiger partial charge in [0, 0.05) is 0 Å². The van der Waals surface area contributed by atoms with Crippen molar-refractivity contribution in [3.63, 3.8) is 0 Å². The van der Waals surface area contributed by atoms with Gasteiger partial charge in [0.25, 0.3) is 0 Å². The number of aliphatic hydroxyl groups excluding tert-OH is 2.